The minimum absolute atomic E-state index is 0.0292. The van der Waals surface area contributed by atoms with Crippen LogP contribution >= 0.6 is 11.8 Å². The summed E-state index contributed by atoms with van der Waals surface area (Å²) in [6, 6.07) is 21.6. The van der Waals surface area contributed by atoms with Gasteiger partial charge in [-0.1, -0.05) is 60.3 Å². The van der Waals surface area contributed by atoms with E-state index in [0.717, 1.165) is 11.1 Å². The van der Waals surface area contributed by atoms with Gasteiger partial charge in [0.25, 0.3) is 11.8 Å². The zero-order chi connectivity index (χ0) is 26.1. The van der Waals surface area contributed by atoms with Gasteiger partial charge in [0.05, 0.1) is 35.6 Å². The first kappa shape index (κ1) is 24.5. The number of amides is 2. The zero-order valence-electron chi connectivity index (χ0n) is 20.2. The number of anilines is 1. The Morgan fingerprint density at radius 1 is 0.947 bits per heavy atom. The Balaban J connectivity index is 1.27. The number of benzene rings is 3. The number of ether oxygens (including phenoxy) is 2. The number of aliphatic hydroxyl groups excluding tert-OH is 1. The number of H-pyrrole nitrogens is 1. The predicted octanol–water partition coefficient (Wildman–Crippen LogP) is 4.44. The largest absolute Gasteiger partial charge is 0.392 e. The third-order valence-electron chi connectivity index (χ3n) is 6.61. The molecule has 38 heavy (non-hydrogen) atoms. The number of hydrogen-bond acceptors (Lipinski definition) is 8. The number of carbonyl (C=O) groups excluding carboxylic acids is 2. The van der Waals surface area contributed by atoms with Crippen molar-refractivity contribution in [1.29, 1.82) is 0 Å². The summed E-state index contributed by atoms with van der Waals surface area (Å²) in [5.41, 5.74) is 3.74. The number of imide groups is 1. The normalized spacial score (nSPS) is 21.1. The Morgan fingerprint density at radius 3 is 2.39 bits per heavy atom. The van der Waals surface area contributed by atoms with Crippen molar-refractivity contribution in [3.8, 4) is 0 Å². The standard InChI is InChI=1S/C28H24N4O5S/c33-14-17-8-10-18(11-9-17)24-13-21(15-38-28-29-16-30-31-28)36-27(37-24)19-4-3-5-20(12-19)32-25(34)22-6-1-2-7-23(22)26(32)35/h1-12,16,21,24,27,33H,13-15H2,(H,29,30,31)/t21-,24+,27+/m1/s1. The van der Waals surface area contributed by atoms with E-state index in [4.69, 9.17) is 9.47 Å². The van der Waals surface area contributed by atoms with Crippen LogP contribution in [-0.2, 0) is 16.1 Å². The first-order valence-electron chi connectivity index (χ1n) is 12.2. The van der Waals surface area contributed by atoms with Gasteiger partial charge in [0.1, 0.15) is 6.33 Å². The van der Waals surface area contributed by atoms with Crippen LogP contribution in [0.4, 0.5) is 5.69 Å². The summed E-state index contributed by atoms with van der Waals surface area (Å²) < 4.78 is 12.8. The van der Waals surface area contributed by atoms with E-state index in [2.05, 4.69) is 15.2 Å². The van der Waals surface area contributed by atoms with Crippen molar-refractivity contribution in [2.75, 3.05) is 10.7 Å². The fraction of sp³-hybridized carbons (Fsp3) is 0.214. The summed E-state index contributed by atoms with van der Waals surface area (Å²) in [4.78, 5) is 31.5. The SMILES string of the molecule is O=C1c2ccccc2C(=O)N1c1cccc([C@H]2O[C@@H](CSc3ncn[nH]3)C[C@@H](c3ccc(CO)cc3)O2)c1. The Bertz CT molecular complexity index is 1430. The molecule has 3 aromatic carbocycles. The molecule has 192 valence electrons. The third kappa shape index (κ3) is 4.74. The summed E-state index contributed by atoms with van der Waals surface area (Å²) in [6.07, 6.45) is 0.932. The van der Waals surface area contributed by atoms with Gasteiger partial charge in [-0.15, -0.1) is 0 Å². The van der Waals surface area contributed by atoms with Crippen LogP contribution in [0.5, 0.6) is 0 Å². The Labute approximate surface area is 222 Å². The average Bonchev–Trinajstić information content (AvgIpc) is 3.58. The average molecular weight is 529 g/mol. The van der Waals surface area contributed by atoms with Crippen molar-refractivity contribution in [3.05, 3.63) is 107 Å². The van der Waals surface area contributed by atoms with Gasteiger partial charge in [0.15, 0.2) is 11.4 Å². The number of nitrogens with zero attached hydrogens (tertiary/aromatic N) is 3. The van der Waals surface area contributed by atoms with E-state index < -0.39 is 6.29 Å². The van der Waals surface area contributed by atoms with Crippen LogP contribution in [0.3, 0.4) is 0 Å². The van der Waals surface area contributed by atoms with Crippen molar-refractivity contribution in [3.63, 3.8) is 0 Å². The molecule has 6 rings (SSSR count). The molecule has 0 radical (unpaired) electrons. The zero-order valence-corrected chi connectivity index (χ0v) is 21.0. The monoisotopic (exact) mass is 528 g/mol. The van der Waals surface area contributed by atoms with Crippen molar-refractivity contribution < 1.29 is 24.2 Å². The highest BCUT2D eigenvalue weighted by Gasteiger charge is 2.37. The van der Waals surface area contributed by atoms with Crippen LogP contribution in [0, 0.1) is 0 Å². The van der Waals surface area contributed by atoms with Gasteiger partial charge < -0.3 is 14.6 Å². The fourth-order valence-corrected chi connectivity index (χ4v) is 5.49. The van der Waals surface area contributed by atoms with Gasteiger partial charge in [0, 0.05) is 17.7 Å². The van der Waals surface area contributed by atoms with Crippen molar-refractivity contribution in [1.82, 2.24) is 15.2 Å². The number of fused-ring (bicyclic) bond motifs is 1. The Kier molecular flexibility index (Phi) is 6.77. The maximum atomic E-state index is 13.0. The third-order valence-corrected chi connectivity index (χ3v) is 7.62. The smallest absolute Gasteiger partial charge is 0.266 e. The second-order valence-corrected chi connectivity index (χ2v) is 10.0. The molecule has 4 aromatic rings. The molecule has 1 saturated heterocycles. The molecule has 1 fully saturated rings. The maximum Gasteiger partial charge on any atom is 0.266 e. The first-order chi connectivity index (χ1) is 18.6. The van der Waals surface area contributed by atoms with Crippen LogP contribution < -0.4 is 4.90 Å². The molecule has 0 spiro atoms. The lowest BCUT2D eigenvalue weighted by Crippen LogP contribution is -2.32. The molecule has 0 aliphatic carbocycles. The second-order valence-electron chi connectivity index (χ2n) is 9.04. The minimum atomic E-state index is -0.721. The Morgan fingerprint density at radius 2 is 1.71 bits per heavy atom. The first-order valence-corrected chi connectivity index (χ1v) is 13.2. The van der Waals surface area contributed by atoms with Crippen molar-refractivity contribution in [2.24, 2.45) is 0 Å². The predicted molar refractivity (Wildman–Crippen MR) is 140 cm³/mol. The lowest BCUT2D eigenvalue weighted by Gasteiger charge is -2.36. The number of nitrogens with one attached hydrogen (secondary N) is 1. The maximum absolute atomic E-state index is 13.0. The number of hydrogen-bond donors (Lipinski definition) is 2. The molecule has 10 heteroatoms. The molecule has 2 aliphatic rings. The summed E-state index contributed by atoms with van der Waals surface area (Å²) in [5, 5.41) is 16.9. The molecule has 0 unspecified atom stereocenters. The molecule has 0 saturated carbocycles. The quantitative estimate of drug-likeness (QED) is 0.267. The van der Waals surface area contributed by atoms with Crippen molar-refractivity contribution in [2.45, 2.75) is 36.7 Å². The lowest BCUT2D eigenvalue weighted by molar-refractivity contribution is -0.245. The number of aliphatic hydroxyl groups is 1. The molecule has 1 aromatic heterocycles. The molecule has 2 amide bonds. The van der Waals surface area contributed by atoms with E-state index in [9.17, 15) is 14.7 Å². The number of rotatable bonds is 7. The van der Waals surface area contributed by atoms with Crippen LogP contribution in [-0.4, -0.2) is 44.0 Å². The molecule has 2 aliphatic heterocycles. The van der Waals surface area contributed by atoms with Gasteiger partial charge in [-0.05, 0) is 35.4 Å². The lowest BCUT2D eigenvalue weighted by atomic mass is 10.0. The molecule has 0 bridgehead atoms. The highest BCUT2D eigenvalue weighted by molar-refractivity contribution is 7.99. The number of carbonyl (C=O) groups is 2. The van der Waals surface area contributed by atoms with E-state index in [-0.39, 0.29) is 30.6 Å². The molecule has 9 nitrogen and oxygen atoms in total. The van der Waals surface area contributed by atoms with Crippen LogP contribution in [0.25, 0.3) is 0 Å². The topological polar surface area (TPSA) is 118 Å². The van der Waals surface area contributed by atoms with Gasteiger partial charge in [-0.3, -0.25) is 14.7 Å². The molecular weight excluding hydrogens is 504 g/mol. The summed E-state index contributed by atoms with van der Waals surface area (Å²) in [6.45, 7) is -0.0292. The van der Waals surface area contributed by atoms with Crippen molar-refractivity contribution >= 4 is 29.3 Å². The van der Waals surface area contributed by atoms with E-state index in [1.807, 2.05) is 30.3 Å². The van der Waals surface area contributed by atoms with E-state index in [1.165, 1.54) is 23.0 Å². The van der Waals surface area contributed by atoms with Gasteiger partial charge in [0.2, 0.25) is 0 Å². The van der Waals surface area contributed by atoms with Crippen LogP contribution in [0.2, 0.25) is 0 Å². The van der Waals surface area contributed by atoms with E-state index >= 15 is 0 Å². The molecule has 2 N–H and O–H groups in total. The van der Waals surface area contributed by atoms with Crippen LogP contribution in [0.15, 0.2) is 84.3 Å². The summed E-state index contributed by atoms with van der Waals surface area (Å²) in [5.74, 6) is -0.0777. The molecular formula is C28H24N4O5S. The fourth-order valence-electron chi connectivity index (χ4n) is 4.69. The molecule has 3 atom stereocenters. The minimum Gasteiger partial charge on any atom is -0.392 e. The van der Waals surface area contributed by atoms with Gasteiger partial charge in [-0.25, -0.2) is 9.88 Å². The summed E-state index contributed by atoms with van der Waals surface area (Å²) in [7, 11) is 0. The highest BCUT2D eigenvalue weighted by Crippen LogP contribution is 2.40. The number of aromatic amines is 1. The van der Waals surface area contributed by atoms with Gasteiger partial charge >= 0.3 is 0 Å². The van der Waals surface area contributed by atoms with Gasteiger partial charge in [-0.2, -0.15) is 5.10 Å². The Hall–Kier alpha value is -3.83. The summed E-state index contributed by atoms with van der Waals surface area (Å²) >= 11 is 1.51. The van der Waals surface area contributed by atoms with Crippen LogP contribution in [0.1, 0.15) is 56.2 Å². The number of aromatic nitrogens is 3. The number of thioether (sulfide) groups is 1. The molecule has 3 heterocycles. The highest BCUT2D eigenvalue weighted by atomic mass is 32.2. The van der Waals surface area contributed by atoms with E-state index in [1.54, 1.807) is 42.5 Å². The van der Waals surface area contributed by atoms with E-state index in [0.29, 0.717) is 39.7 Å². The second kappa shape index (κ2) is 10.5.